The summed E-state index contributed by atoms with van der Waals surface area (Å²) in [5.74, 6) is -1.56. The lowest BCUT2D eigenvalue weighted by atomic mass is 10.1. The molecule has 1 aliphatic heterocycles. The normalized spacial score (nSPS) is 15.0. The molecule has 1 aromatic heterocycles. The zero-order valence-corrected chi connectivity index (χ0v) is 19.8. The van der Waals surface area contributed by atoms with Crippen LogP contribution in [0.5, 0.6) is 5.75 Å². The number of methoxy groups -OCH3 is 1. The van der Waals surface area contributed by atoms with E-state index >= 15 is 0 Å². The molecule has 7 nitrogen and oxygen atoms in total. The van der Waals surface area contributed by atoms with E-state index in [1.807, 2.05) is 28.8 Å². The Morgan fingerprint density at radius 1 is 1.03 bits per heavy atom. The molecule has 9 heteroatoms. The lowest BCUT2D eigenvalue weighted by Crippen LogP contribution is -2.54. The third kappa shape index (κ3) is 4.12. The van der Waals surface area contributed by atoms with Gasteiger partial charge in [-0.05, 0) is 36.4 Å². The molecule has 4 aromatic rings. The fourth-order valence-corrected chi connectivity index (χ4v) is 4.42. The molecule has 1 aliphatic rings. The number of barbiturate groups is 1. The lowest BCUT2D eigenvalue weighted by Gasteiger charge is -2.26. The highest BCUT2D eigenvalue weighted by molar-refractivity contribution is 6.40. The van der Waals surface area contributed by atoms with E-state index < -0.39 is 17.8 Å². The van der Waals surface area contributed by atoms with Gasteiger partial charge in [0.1, 0.15) is 17.1 Å². The zero-order valence-electron chi connectivity index (χ0n) is 19.0. The Hall–Kier alpha value is -4.43. The number of nitrogens with zero attached hydrogens (tertiary/aromatic N) is 2. The van der Waals surface area contributed by atoms with Crippen molar-refractivity contribution >= 4 is 52.1 Å². The lowest BCUT2D eigenvalue weighted by molar-refractivity contribution is -0.122. The number of aromatic nitrogens is 1. The molecule has 0 saturated carbocycles. The Morgan fingerprint density at radius 3 is 2.53 bits per heavy atom. The number of anilines is 1. The number of hydrogen-bond acceptors (Lipinski definition) is 4. The number of carbonyl (C=O) groups is 3. The molecule has 4 amide bonds. The first-order valence-electron chi connectivity index (χ1n) is 10.9. The largest absolute Gasteiger partial charge is 0.495 e. The average Bonchev–Trinajstić information content (AvgIpc) is 3.20. The maximum absolute atomic E-state index is 14.3. The van der Waals surface area contributed by atoms with Crippen LogP contribution in [0, 0.1) is 5.82 Å². The summed E-state index contributed by atoms with van der Waals surface area (Å²) in [4.78, 5) is 39.4. The highest BCUT2D eigenvalue weighted by atomic mass is 35.5. The van der Waals surface area contributed by atoms with E-state index in [1.54, 1.807) is 24.4 Å². The molecule has 0 atom stereocenters. The summed E-state index contributed by atoms with van der Waals surface area (Å²) in [6.07, 6.45) is 3.18. The molecule has 0 bridgehead atoms. The van der Waals surface area contributed by atoms with Gasteiger partial charge in [0.2, 0.25) is 0 Å². The first-order valence-corrected chi connectivity index (χ1v) is 11.3. The standard InChI is InChI=1S/C27H19ClFN3O4/c1-36-24-11-10-18(13-21(24)28)32-26(34)20(25(33)30-27(32)35)12-17-15-31(23-9-5-3-7-19(17)23)14-16-6-2-4-8-22(16)29/h2-13,15H,14H2,1H3,(H,30,33,35). The summed E-state index contributed by atoms with van der Waals surface area (Å²) in [5, 5.41) is 3.17. The van der Waals surface area contributed by atoms with Crippen LogP contribution in [-0.4, -0.2) is 29.5 Å². The number of hydrogen-bond donors (Lipinski definition) is 1. The zero-order chi connectivity index (χ0) is 25.4. The minimum Gasteiger partial charge on any atom is -0.495 e. The number of nitrogens with one attached hydrogen (secondary N) is 1. The van der Waals surface area contributed by atoms with Crippen LogP contribution in [0.4, 0.5) is 14.9 Å². The van der Waals surface area contributed by atoms with E-state index in [2.05, 4.69) is 5.32 Å². The van der Waals surface area contributed by atoms with Gasteiger partial charge < -0.3 is 9.30 Å². The van der Waals surface area contributed by atoms with Crippen molar-refractivity contribution in [3.63, 3.8) is 0 Å². The van der Waals surface area contributed by atoms with Gasteiger partial charge in [0.05, 0.1) is 24.4 Å². The SMILES string of the molecule is COc1ccc(N2C(=O)NC(=O)C(=Cc3cn(Cc4ccccc4F)c4ccccc34)C2=O)cc1Cl. The van der Waals surface area contributed by atoms with Crippen LogP contribution in [-0.2, 0) is 16.1 Å². The van der Waals surface area contributed by atoms with Crippen LogP contribution in [0.15, 0.2) is 78.5 Å². The Labute approximate surface area is 210 Å². The fourth-order valence-electron chi connectivity index (χ4n) is 4.17. The summed E-state index contributed by atoms with van der Waals surface area (Å²) in [7, 11) is 1.45. The monoisotopic (exact) mass is 503 g/mol. The second-order valence-electron chi connectivity index (χ2n) is 8.10. The van der Waals surface area contributed by atoms with Gasteiger partial charge in [0, 0.05) is 28.2 Å². The molecule has 1 fully saturated rings. The number of halogens is 2. The highest BCUT2D eigenvalue weighted by Crippen LogP contribution is 2.32. The van der Waals surface area contributed by atoms with E-state index in [1.165, 1.54) is 37.5 Å². The summed E-state index contributed by atoms with van der Waals surface area (Å²) < 4.78 is 21.3. The van der Waals surface area contributed by atoms with Crippen LogP contribution < -0.4 is 15.0 Å². The number of rotatable bonds is 5. The molecule has 5 rings (SSSR count). The predicted molar refractivity (Wildman–Crippen MR) is 134 cm³/mol. The third-order valence-corrected chi connectivity index (χ3v) is 6.21. The first-order chi connectivity index (χ1) is 17.4. The Bertz CT molecular complexity index is 1580. The molecule has 0 aliphatic carbocycles. The average molecular weight is 504 g/mol. The van der Waals surface area contributed by atoms with E-state index in [0.717, 1.165) is 15.8 Å². The topological polar surface area (TPSA) is 80.6 Å². The van der Waals surface area contributed by atoms with Gasteiger partial charge in [-0.3, -0.25) is 14.9 Å². The van der Waals surface area contributed by atoms with Crippen LogP contribution in [0.2, 0.25) is 5.02 Å². The molecule has 0 radical (unpaired) electrons. The summed E-state index contributed by atoms with van der Waals surface area (Å²) in [5.41, 5.74) is 1.82. The molecular weight excluding hydrogens is 485 g/mol. The van der Waals surface area contributed by atoms with Crippen LogP contribution in [0.3, 0.4) is 0 Å². The Balaban J connectivity index is 1.56. The minimum absolute atomic E-state index is 0.184. The van der Waals surface area contributed by atoms with Gasteiger partial charge in [0.25, 0.3) is 11.8 Å². The maximum Gasteiger partial charge on any atom is 0.335 e. The van der Waals surface area contributed by atoms with Gasteiger partial charge in [-0.15, -0.1) is 0 Å². The second kappa shape index (κ2) is 9.31. The third-order valence-electron chi connectivity index (χ3n) is 5.91. The number of fused-ring (bicyclic) bond motifs is 1. The summed E-state index contributed by atoms with van der Waals surface area (Å²) >= 11 is 6.18. The molecule has 180 valence electrons. The van der Waals surface area contributed by atoms with Crippen molar-refractivity contribution in [1.29, 1.82) is 0 Å². The number of imide groups is 2. The van der Waals surface area contributed by atoms with Gasteiger partial charge in [-0.1, -0.05) is 48.0 Å². The Kier molecular flexibility index (Phi) is 6.03. The number of ether oxygens (including phenoxy) is 1. The maximum atomic E-state index is 14.3. The van der Waals surface area contributed by atoms with Gasteiger partial charge >= 0.3 is 6.03 Å². The smallest absolute Gasteiger partial charge is 0.335 e. The second-order valence-corrected chi connectivity index (χ2v) is 8.50. The molecule has 1 N–H and O–H groups in total. The van der Waals surface area contributed by atoms with Gasteiger partial charge in [-0.25, -0.2) is 14.1 Å². The number of carbonyl (C=O) groups excluding carboxylic acids is 3. The van der Waals surface area contributed by atoms with E-state index in [0.29, 0.717) is 16.9 Å². The molecular formula is C27H19ClFN3O4. The van der Waals surface area contributed by atoms with Crippen molar-refractivity contribution in [2.45, 2.75) is 6.54 Å². The first kappa shape index (κ1) is 23.3. The fraction of sp³-hybridized carbons (Fsp3) is 0.0741. The number of urea groups is 1. The van der Waals surface area contributed by atoms with Crippen LogP contribution in [0.25, 0.3) is 17.0 Å². The van der Waals surface area contributed by atoms with Crippen molar-refractivity contribution in [2.75, 3.05) is 12.0 Å². The molecule has 36 heavy (non-hydrogen) atoms. The van der Waals surface area contributed by atoms with E-state index in [4.69, 9.17) is 16.3 Å². The van der Waals surface area contributed by atoms with Crippen molar-refractivity contribution in [2.24, 2.45) is 0 Å². The van der Waals surface area contributed by atoms with E-state index in [9.17, 15) is 18.8 Å². The predicted octanol–water partition coefficient (Wildman–Crippen LogP) is 5.16. The Morgan fingerprint density at radius 2 is 1.78 bits per heavy atom. The van der Waals surface area contributed by atoms with Crippen LogP contribution in [0.1, 0.15) is 11.1 Å². The minimum atomic E-state index is -0.884. The highest BCUT2D eigenvalue weighted by Gasteiger charge is 2.37. The molecule has 0 unspecified atom stereocenters. The van der Waals surface area contributed by atoms with Crippen LogP contribution >= 0.6 is 11.6 Å². The van der Waals surface area contributed by atoms with Crippen molar-refractivity contribution in [3.05, 3.63) is 100 Å². The number of para-hydroxylation sites is 1. The van der Waals surface area contributed by atoms with Gasteiger partial charge in [-0.2, -0.15) is 0 Å². The number of amides is 4. The van der Waals surface area contributed by atoms with Crippen molar-refractivity contribution < 1.29 is 23.5 Å². The summed E-state index contributed by atoms with van der Waals surface area (Å²) in [6, 6.07) is 17.4. The molecule has 0 spiro atoms. The van der Waals surface area contributed by atoms with Crippen molar-refractivity contribution in [3.8, 4) is 5.75 Å². The van der Waals surface area contributed by atoms with Crippen molar-refractivity contribution in [1.82, 2.24) is 9.88 Å². The van der Waals surface area contributed by atoms with Gasteiger partial charge in [0.15, 0.2) is 0 Å². The molecule has 3 aromatic carbocycles. The molecule has 1 saturated heterocycles. The molecule has 2 heterocycles. The summed E-state index contributed by atoms with van der Waals surface area (Å²) in [6.45, 7) is 0.255. The quantitative estimate of drug-likeness (QED) is 0.301. The van der Waals surface area contributed by atoms with E-state index in [-0.39, 0.29) is 28.6 Å². The number of benzene rings is 3.